The van der Waals surface area contributed by atoms with E-state index in [1.807, 2.05) is 68.5 Å². The van der Waals surface area contributed by atoms with Gasteiger partial charge in [-0.15, -0.1) is 0 Å². The van der Waals surface area contributed by atoms with Gasteiger partial charge in [0.15, 0.2) is 5.82 Å². The molecule has 2 bridgehead atoms. The van der Waals surface area contributed by atoms with E-state index in [2.05, 4.69) is 38.4 Å². The number of likely N-dealkylation sites (tertiary alicyclic amines) is 1. The summed E-state index contributed by atoms with van der Waals surface area (Å²) in [5, 5.41) is 4.04. The molecule has 3 fully saturated rings. The molecule has 8 rings (SSSR count). The van der Waals surface area contributed by atoms with Gasteiger partial charge in [0.2, 0.25) is 0 Å². The van der Waals surface area contributed by atoms with Crippen molar-refractivity contribution in [3.63, 3.8) is 0 Å². The third-order valence-corrected chi connectivity index (χ3v) is 11.1. The summed E-state index contributed by atoms with van der Waals surface area (Å²) in [5.74, 6) is 3.19. The Morgan fingerprint density at radius 1 is 1.00 bits per heavy atom. The first kappa shape index (κ1) is 31.6. The lowest BCUT2D eigenvalue weighted by Crippen LogP contribution is -2.38. The first-order valence-corrected chi connectivity index (χ1v) is 17.6. The van der Waals surface area contributed by atoms with Crippen LogP contribution in [0.15, 0.2) is 54.6 Å². The average molecular weight is 660 g/mol. The van der Waals surface area contributed by atoms with E-state index < -0.39 is 0 Å². The Kier molecular flexibility index (Phi) is 7.94. The molecule has 3 aromatic heterocycles. The molecular formula is C39H45N7O3. The van der Waals surface area contributed by atoms with Crippen LogP contribution in [-0.4, -0.2) is 87.6 Å². The number of pyridine rings is 1. The normalized spacial score (nSPS) is 20.2. The first-order valence-electron chi connectivity index (χ1n) is 17.6. The molecule has 3 atom stereocenters. The molecule has 10 nitrogen and oxygen atoms in total. The highest BCUT2D eigenvalue weighted by molar-refractivity contribution is 6.00. The third kappa shape index (κ3) is 5.65. The van der Waals surface area contributed by atoms with Crippen LogP contribution in [0.25, 0.3) is 44.8 Å². The molecule has 2 amide bonds. The Balaban J connectivity index is 1.16. The van der Waals surface area contributed by atoms with Crippen LogP contribution in [0.2, 0.25) is 0 Å². The highest BCUT2D eigenvalue weighted by atomic mass is 16.5. The maximum Gasteiger partial charge on any atom is 0.254 e. The van der Waals surface area contributed by atoms with E-state index in [0.29, 0.717) is 47.2 Å². The van der Waals surface area contributed by atoms with Gasteiger partial charge in [-0.25, -0.2) is 9.97 Å². The molecule has 2 saturated carbocycles. The van der Waals surface area contributed by atoms with Crippen LogP contribution < -0.4 is 10.1 Å². The number of piperidine rings is 1. The van der Waals surface area contributed by atoms with E-state index in [1.165, 1.54) is 19.3 Å². The van der Waals surface area contributed by atoms with Gasteiger partial charge in [-0.2, -0.15) is 0 Å². The van der Waals surface area contributed by atoms with E-state index in [-0.39, 0.29) is 11.8 Å². The highest BCUT2D eigenvalue weighted by Crippen LogP contribution is 2.44. The van der Waals surface area contributed by atoms with Crippen LogP contribution in [0.5, 0.6) is 5.75 Å². The molecule has 4 heterocycles. The molecule has 2 aromatic carbocycles. The Labute approximate surface area is 287 Å². The maximum atomic E-state index is 13.8. The zero-order valence-corrected chi connectivity index (χ0v) is 29.1. The second-order valence-electron chi connectivity index (χ2n) is 14.6. The van der Waals surface area contributed by atoms with Crippen molar-refractivity contribution in [2.75, 3.05) is 40.8 Å². The van der Waals surface area contributed by atoms with Crippen molar-refractivity contribution in [1.82, 2.24) is 34.2 Å². The number of fused-ring (bicyclic) bond motifs is 4. The van der Waals surface area contributed by atoms with E-state index in [4.69, 9.17) is 14.7 Å². The van der Waals surface area contributed by atoms with Gasteiger partial charge in [0, 0.05) is 61.3 Å². The number of aryl methyl sites for hydroxylation is 1. The van der Waals surface area contributed by atoms with Crippen molar-refractivity contribution in [1.29, 1.82) is 0 Å². The molecule has 2 aliphatic carbocycles. The van der Waals surface area contributed by atoms with Crippen LogP contribution in [0.4, 0.5) is 0 Å². The first-order chi connectivity index (χ1) is 23.7. The fraction of sp³-hybridized carbons (Fsp3) is 0.436. The summed E-state index contributed by atoms with van der Waals surface area (Å²) in [4.78, 5) is 41.2. The van der Waals surface area contributed by atoms with Gasteiger partial charge in [0.1, 0.15) is 16.9 Å². The second-order valence-corrected chi connectivity index (χ2v) is 14.6. The van der Waals surface area contributed by atoms with E-state index in [0.717, 1.165) is 70.9 Å². The Bertz CT molecular complexity index is 2090. The molecule has 0 radical (unpaired) electrons. The van der Waals surface area contributed by atoms with Crippen LogP contribution in [0.1, 0.15) is 53.3 Å². The summed E-state index contributed by atoms with van der Waals surface area (Å²) in [6, 6.07) is 18.1. The number of carbonyl (C=O) groups is 2. The molecule has 254 valence electrons. The third-order valence-electron chi connectivity index (χ3n) is 11.1. The fourth-order valence-electron chi connectivity index (χ4n) is 8.06. The number of imidazole rings is 1. The van der Waals surface area contributed by atoms with Crippen LogP contribution in [0.3, 0.4) is 0 Å². The Morgan fingerprint density at radius 2 is 1.84 bits per heavy atom. The molecule has 3 aliphatic rings. The summed E-state index contributed by atoms with van der Waals surface area (Å²) < 4.78 is 10.3. The predicted octanol–water partition coefficient (Wildman–Crippen LogP) is 5.84. The van der Waals surface area contributed by atoms with Crippen LogP contribution in [0, 0.1) is 17.8 Å². The predicted molar refractivity (Wildman–Crippen MR) is 192 cm³/mol. The number of hydrogen-bond donors (Lipinski definition) is 1. The summed E-state index contributed by atoms with van der Waals surface area (Å²) in [6.45, 7) is 5.34. The summed E-state index contributed by atoms with van der Waals surface area (Å²) in [6.07, 6.45) is 4.70. The molecule has 1 aliphatic heterocycles. The van der Waals surface area contributed by atoms with Gasteiger partial charge in [-0.05, 0) is 100.0 Å². The van der Waals surface area contributed by atoms with Crippen molar-refractivity contribution in [3.8, 4) is 28.5 Å². The van der Waals surface area contributed by atoms with Gasteiger partial charge in [-0.3, -0.25) is 9.59 Å². The van der Waals surface area contributed by atoms with E-state index >= 15 is 0 Å². The maximum absolute atomic E-state index is 13.8. The van der Waals surface area contributed by atoms with Crippen molar-refractivity contribution in [3.05, 3.63) is 65.7 Å². The van der Waals surface area contributed by atoms with Crippen LogP contribution in [-0.2, 0) is 13.6 Å². The molecule has 1 N–H and O–H groups in total. The number of methoxy groups -OCH3 is 1. The van der Waals surface area contributed by atoms with Crippen molar-refractivity contribution < 1.29 is 14.3 Å². The number of nitrogens with one attached hydrogen (secondary N) is 1. The zero-order valence-electron chi connectivity index (χ0n) is 29.1. The van der Waals surface area contributed by atoms with E-state index in [9.17, 15) is 9.59 Å². The van der Waals surface area contributed by atoms with Crippen LogP contribution >= 0.6 is 0 Å². The molecule has 49 heavy (non-hydrogen) atoms. The highest BCUT2D eigenvalue weighted by Gasteiger charge is 2.46. The molecule has 5 aromatic rings. The summed E-state index contributed by atoms with van der Waals surface area (Å²) in [5.41, 5.74) is 6.45. The standard InChI is InChI=1S/C39H45N7O3/c1-23-28-12-14-32(23)46(22-28)39(48)29-18-31-35(34(20-29)49-5)44(4)37(42-31)33-19-26-11-13-30(41-36(26)45(33)21-24-9-10-24)25-7-6-8-27(17-25)38(47)40-15-16-43(2)3/h6-8,11,13,17-20,23-24,28,32H,9-10,12,14-16,21-22H2,1-5H3,(H,40,47). The average Bonchev–Trinajstić information content (AvgIpc) is 3.51. The zero-order chi connectivity index (χ0) is 34.0. The summed E-state index contributed by atoms with van der Waals surface area (Å²) in [7, 11) is 7.66. The number of carbonyl (C=O) groups excluding carboxylic acids is 2. The van der Waals surface area contributed by atoms with Crippen molar-refractivity contribution in [2.24, 2.45) is 24.8 Å². The monoisotopic (exact) mass is 659 g/mol. The molecule has 0 spiro atoms. The number of hydrogen-bond acceptors (Lipinski definition) is 6. The fourth-order valence-corrected chi connectivity index (χ4v) is 8.06. The lowest BCUT2D eigenvalue weighted by molar-refractivity contribution is 0.0695. The SMILES string of the molecule is COc1cc(C(=O)N2CC3CCC2C3C)cc2nc(-c3cc4ccc(-c5cccc(C(=O)NCCN(C)C)c5)nc4n3CC3CC3)n(C)c12. The minimum absolute atomic E-state index is 0.0705. The topological polar surface area (TPSA) is 97.5 Å². The van der Waals surface area contributed by atoms with Crippen molar-refractivity contribution >= 4 is 33.9 Å². The largest absolute Gasteiger partial charge is 0.494 e. The number of aromatic nitrogens is 4. The number of benzene rings is 2. The van der Waals surface area contributed by atoms with Gasteiger partial charge in [0.05, 0.1) is 24.0 Å². The number of amides is 2. The van der Waals surface area contributed by atoms with E-state index in [1.54, 1.807) is 7.11 Å². The van der Waals surface area contributed by atoms with Gasteiger partial charge >= 0.3 is 0 Å². The van der Waals surface area contributed by atoms with Gasteiger partial charge in [-0.1, -0.05) is 19.1 Å². The quantitative estimate of drug-likeness (QED) is 0.203. The minimum Gasteiger partial charge on any atom is -0.494 e. The number of likely N-dealkylation sites (N-methyl/N-ethyl adjacent to an activating group) is 1. The number of ether oxygens (including phenoxy) is 1. The van der Waals surface area contributed by atoms with Crippen molar-refractivity contribution in [2.45, 2.75) is 45.2 Å². The molecule has 3 unspecified atom stereocenters. The van der Waals surface area contributed by atoms with Gasteiger partial charge < -0.3 is 29.0 Å². The lowest BCUT2D eigenvalue weighted by atomic mass is 10.0. The summed E-state index contributed by atoms with van der Waals surface area (Å²) >= 11 is 0. The minimum atomic E-state index is -0.0893. The number of nitrogens with zero attached hydrogens (tertiary/aromatic N) is 6. The number of rotatable bonds is 10. The molecule has 1 saturated heterocycles. The lowest BCUT2D eigenvalue weighted by Gasteiger charge is -2.27. The smallest absolute Gasteiger partial charge is 0.254 e. The second kappa shape index (κ2) is 12.3. The molecular weight excluding hydrogens is 614 g/mol. The Morgan fingerprint density at radius 3 is 2.55 bits per heavy atom. The van der Waals surface area contributed by atoms with Gasteiger partial charge in [0.25, 0.3) is 11.8 Å². The molecule has 10 heteroatoms. The Hall–Kier alpha value is -4.70.